The molecule has 1 saturated carbocycles. The summed E-state index contributed by atoms with van der Waals surface area (Å²) in [6.45, 7) is 8.41. The number of esters is 1. The van der Waals surface area contributed by atoms with Crippen LogP contribution in [0, 0.1) is 5.92 Å². The van der Waals surface area contributed by atoms with E-state index in [0.29, 0.717) is 24.8 Å². The van der Waals surface area contributed by atoms with Gasteiger partial charge in [0.1, 0.15) is 0 Å². The minimum absolute atomic E-state index is 0.343. The second-order valence-electron chi connectivity index (χ2n) is 8.04. The zero-order chi connectivity index (χ0) is 20.7. The Morgan fingerprint density at radius 3 is 2.83 bits per heavy atom. The molecule has 0 radical (unpaired) electrons. The summed E-state index contributed by atoms with van der Waals surface area (Å²) in [4.78, 5) is 14.1. The van der Waals surface area contributed by atoms with Gasteiger partial charge in [-0.05, 0) is 71.8 Å². The number of rotatable bonds is 6. The van der Waals surface area contributed by atoms with Gasteiger partial charge in [0.05, 0.1) is 38.3 Å². The maximum Gasteiger partial charge on any atom is 0.357 e. The molecule has 5 aliphatic rings. The van der Waals surface area contributed by atoms with Crippen molar-refractivity contribution in [1.82, 2.24) is 20.9 Å². The molecule has 5 rings (SSSR count). The van der Waals surface area contributed by atoms with Crippen LogP contribution in [0.2, 0.25) is 0 Å². The predicted octanol–water partition coefficient (Wildman–Crippen LogP) is 2.55. The fourth-order valence-electron chi connectivity index (χ4n) is 3.80. The third kappa shape index (κ3) is 3.74. The highest BCUT2D eigenvalue weighted by atomic mass is 16.5. The lowest BCUT2D eigenvalue weighted by Crippen LogP contribution is -2.39. The summed E-state index contributed by atoms with van der Waals surface area (Å²) in [5, 5.41) is 1.82. The van der Waals surface area contributed by atoms with Gasteiger partial charge in [-0.3, -0.25) is 10.4 Å². The van der Waals surface area contributed by atoms with Crippen molar-refractivity contribution in [2.24, 2.45) is 5.92 Å². The maximum atomic E-state index is 11.9. The van der Waals surface area contributed by atoms with Crippen LogP contribution in [0.15, 0.2) is 82.7 Å². The highest BCUT2D eigenvalue weighted by Gasteiger charge is 2.30. The van der Waals surface area contributed by atoms with Gasteiger partial charge in [0.25, 0.3) is 0 Å². The fraction of sp³-hybridized carbons (Fsp3) is 0.348. The van der Waals surface area contributed by atoms with Crippen LogP contribution < -0.4 is 11.0 Å². The fourth-order valence-corrected chi connectivity index (χ4v) is 3.80. The van der Waals surface area contributed by atoms with Crippen LogP contribution in [-0.4, -0.2) is 42.2 Å². The Bertz CT molecular complexity index is 972. The molecule has 156 valence electrons. The summed E-state index contributed by atoms with van der Waals surface area (Å²) >= 11 is 0. The molecule has 1 saturated heterocycles. The molecule has 0 aromatic rings. The average molecular weight is 406 g/mol. The van der Waals surface area contributed by atoms with Gasteiger partial charge in [-0.2, -0.15) is 0 Å². The van der Waals surface area contributed by atoms with Gasteiger partial charge >= 0.3 is 5.97 Å². The van der Waals surface area contributed by atoms with Crippen LogP contribution in [0.4, 0.5) is 0 Å². The van der Waals surface area contributed by atoms with Gasteiger partial charge in [0.2, 0.25) is 0 Å². The zero-order valence-corrected chi connectivity index (χ0v) is 17.1. The smallest absolute Gasteiger partial charge is 0.357 e. The Hall–Kier alpha value is -3.03. The Balaban J connectivity index is 1.36. The van der Waals surface area contributed by atoms with Crippen molar-refractivity contribution in [3.63, 3.8) is 0 Å². The normalized spacial score (nSPS) is 22.8. The van der Waals surface area contributed by atoms with Gasteiger partial charge in [-0.25, -0.2) is 4.79 Å². The molecule has 4 heterocycles. The average Bonchev–Trinajstić information content (AvgIpc) is 3.44. The molecule has 30 heavy (non-hydrogen) atoms. The van der Waals surface area contributed by atoms with Crippen LogP contribution in [0.3, 0.4) is 0 Å². The van der Waals surface area contributed by atoms with E-state index in [1.165, 1.54) is 29.6 Å². The Morgan fingerprint density at radius 1 is 1.30 bits per heavy atom. The number of hydrazine groups is 2. The monoisotopic (exact) mass is 406 g/mol. The van der Waals surface area contributed by atoms with Gasteiger partial charge in [0.15, 0.2) is 5.70 Å². The molecule has 7 nitrogen and oxygen atoms in total. The summed E-state index contributed by atoms with van der Waals surface area (Å²) in [6.07, 6.45) is 15.3. The second-order valence-corrected chi connectivity index (χ2v) is 8.04. The van der Waals surface area contributed by atoms with Crippen molar-refractivity contribution >= 4 is 5.97 Å². The molecule has 1 aliphatic carbocycles. The Labute approximate surface area is 176 Å². The second kappa shape index (κ2) is 7.66. The van der Waals surface area contributed by atoms with Crippen molar-refractivity contribution in [3.05, 3.63) is 82.7 Å². The summed E-state index contributed by atoms with van der Waals surface area (Å²) in [5.74, 6) is 0.293. The third-order valence-electron chi connectivity index (χ3n) is 5.64. The molecule has 0 aromatic heterocycles. The van der Waals surface area contributed by atoms with Crippen molar-refractivity contribution in [3.8, 4) is 0 Å². The molecular formula is C23H26N4O3. The van der Waals surface area contributed by atoms with Crippen LogP contribution in [-0.2, 0) is 14.3 Å². The van der Waals surface area contributed by atoms with Gasteiger partial charge < -0.3 is 14.4 Å². The van der Waals surface area contributed by atoms with Crippen molar-refractivity contribution < 1.29 is 14.3 Å². The number of hydrogen-bond donors (Lipinski definition) is 2. The summed E-state index contributed by atoms with van der Waals surface area (Å²) in [6, 6.07) is 0. The van der Waals surface area contributed by atoms with Gasteiger partial charge in [-0.15, -0.1) is 5.53 Å². The quantitative estimate of drug-likeness (QED) is 0.657. The molecule has 7 heteroatoms. The molecule has 0 atom stereocenters. The summed E-state index contributed by atoms with van der Waals surface area (Å²) in [7, 11) is 0. The Morgan fingerprint density at radius 2 is 2.13 bits per heavy atom. The number of fused-ring (bicyclic) bond motifs is 1. The van der Waals surface area contributed by atoms with Crippen molar-refractivity contribution in [1.29, 1.82) is 0 Å². The molecule has 0 bridgehead atoms. The molecule has 4 aliphatic heterocycles. The highest BCUT2D eigenvalue weighted by Crippen LogP contribution is 2.42. The van der Waals surface area contributed by atoms with E-state index < -0.39 is 0 Å². The molecular weight excluding hydrogens is 380 g/mol. The number of carbonyl (C=O) groups excluding carboxylic acids is 1. The number of carbonyl (C=O) groups is 1. The first kappa shape index (κ1) is 19.0. The first-order chi connectivity index (χ1) is 14.6. The first-order valence-corrected chi connectivity index (χ1v) is 10.4. The number of hydrogen-bond acceptors (Lipinski definition) is 7. The number of allylic oxidation sites excluding steroid dienone is 4. The van der Waals surface area contributed by atoms with Crippen LogP contribution in [0.25, 0.3) is 0 Å². The largest absolute Gasteiger partial charge is 0.461 e. The SMILES string of the molecule is C=C1C=C2C(C=C3COC3)=CC(C3CC3)=CN2C=C1CN1C=C(C(=O)OCC)NN1. The number of nitrogens with one attached hydrogen (secondary N) is 2. The zero-order valence-electron chi connectivity index (χ0n) is 17.1. The van der Waals surface area contributed by atoms with Crippen LogP contribution in [0.5, 0.6) is 0 Å². The highest BCUT2D eigenvalue weighted by molar-refractivity contribution is 5.87. The molecule has 2 fully saturated rings. The topological polar surface area (TPSA) is 66.1 Å². The van der Waals surface area contributed by atoms with Gasteiger partial charge in [-0.1, -0.05) is 6.58 Å². The van der Waals surface area contributed by atoms with Crippen LogP contribution in [0.1, 0.15) is 19.8 Å². The summed E-state index contributed by atoms with van der Waals surface area (Å²) < 4.78 is 10.4. The number of ether oxygens (including phenoxy) is 2. The molecule has 0 spiro atoms. The first-order valence-electron chi connectivity index (χ1n) is 10.4. The lowest BCUT2D eigenvalue weighted by molar-refractivity contribution is -0.138. The molecule has 2 N–H and O–H groups in total. The van der Waals surface area contributed by atoms with Crippen molar-refractivity contribution in [2.75, 3.05) is 26.4 Å². The van der Waals surface area contributed by atoms with E-state index in [0.717, 1.165) is 30.1 Å². The van der Waals surface area contributed by atoms with E-state index in [-0.39, 0.29) is 5.97 Å². The van der Waals surface area contributed by atoms with E-state index in [4.69, 9.17) is 9.47 Å². The lowest BCUT2D eigenvalue weighted by atomic mass is 9.93. The van der Waals surface area contributed by atoms with E-state index in [1.807, 2.05) is 5.01 Å². The minimum Gasteiger partial charge on any atom is -0.461 e. The number of nitrogens with zero attached hydrogens (tertiary/aromatic N) is 2. The van der Waals surface area contributed by atoms with E-state index >= 15 is 0 Å². The molecule has 0 unspecified atom stereocenters. The van der Waals surface area contributed by atoms with E-state index in [9.17, 15) is 4.79 Å². The molecule has 0 aromatic carbocycles. The molecule has 0 amide bonds. The Kier molecular flexibility index (Phi) is 4.84. The van der Waals surface area contributed by atoms with Crippen molar-refractivity contribution in [2.45, 2.75) is 19.8 Å². The standard InChI is InChI=1S/C23H26N4O3/c1-3-30-23(28)21-12-27(25-24-21)11-20-10-26-9-19(17-4-5-17)8-18(7-16-13-29-14-16)22(26)6-15(20)2/h6-10,12,17,24-25H,2-5,11,13-14H2,1H3. The summed E-state index contributed by atoms with van der Waals surface area (Å²) in [5.41, 5.74) is 13.3. The predicted molar refractivity (Wildman–Crippen MR) is 113 cm³/mol. The van der Waals surface area contributed by atoms with E-state index in [1.54, 1.807) is 13.1 Å². The van der Waals surface area contributed by atoms with Crippen LogP contribution >= 0.6 is 0 Å². The van der Waals surface area contributed by atoms with Gasteiger partial charge in [0, 0.05) is 12.4 Å². The van der Waals surface area contributed by atoms with E-state index in [2.05, 4.69) is 53.1 Å². The third-order valence-corrected chi connectivity index (χ3v) is 5.64. The maximum absolute atomic E-state index is 11.9. The minimum atomic E-state index is -0.373. The lowest BCUT2D eigenvalue weighted by Gasteiger charge is -2.33.